The van der Waals surface area contributed by atoms with Crippen LogP contribution in [-0.2, 0) is 14.3 Å². The minimum Gasteiger partial charge on any atom is -0.394 e. The van der Waals surface area contributed by atoms with Crippen molar-refractivity contribution in [1.29, 1.82) is 0 Å². The Hall–Kier alpha value is -1.59. The molecule has 0 radical (unpaired) electrons. The van der Waals surface area contributed by atoms with Crippen molar-refractivity contribution in [3.63, 3.8) is 0 Å². The number of ether oxygens (including phenoxy) is 2. The Bertz CT molecular complexity index is 925. The van der Waals surface area contributed by atoms with Gasteiger partial charge in [-0.2, -0.15) is 0 Å². The Morgan fingerprint density at radius 2 is 1.08 bits per heavy atom. The molecule has 1 heterocycles. The minimum atomic E-state index is -1.57. The second kappa shape index (κ2) is 34.9. The first-order valence-corrected chi connectivity index (χ1v) is 21.7. The molecule has 9 nitrogen and oxygen atoms in total. The van der Waals surface area contributed by atoms with E-state index in [1.54, 1.807) is 6.08 Å². The third kappa shape index (κ3) is 26.0. The summed E-state index contributed by atoms with van der Waals surface area (Å²) in [6.45, 7) is 3.73. The summed E-state index contributed by atoms with van der Waals surface area (Å²) in [5.74, 6) is -0.197. The molecule has 0 aliphatic carbocycles. The Balaban J connectivity index is 2.43. The normalized spacial score (nSPS) is 22.0. The lowest BCUT2D eigenvalue weighted by molar-refractivity contribution is -0.302. The molecule has 1 aliphatic rings. The van der Waals surface area contributed by atoms with E-state index in [0.717, 1.165) is 57.8 Å². The lowest BCUT2D eigenvalue weighted by Gasteiger charge is -2.40. The summed E-state index contributed by atoms with van der Waals surface area (Å²) in [5.41, 5.74) is 0. The summed E-state index contributed by atoms with van der Waals surface area (Å²) in [6.07, 6.45) is 34.7. The van der Waals surface area contributed by atoms with Gasteiger partial charge in [0.2, 0.25) is 5.91 Å². The summed E-state index contributed by atoms with van der Waals surface area (Å²) < 4.78 is 11.2. The van der Waals surface area contributed by atoms with E-state index in [2.05, 4.69) is 43.5 Å². The van der Waals surface area contributed by atoms with E-state index in [-0.39, 0.29) is 12.5 Å². The molecule has 310 valence electrons. The second-order valence-electron chi connectivity index (χ2n) is 15.1. The third-order valence-corrected chi connectivity index (χ3v) is 10.2. The molecule has 1 saturated heterocycles. The zero-order valence-corrected chi connectivity index (χ0v) is 33.8. The van der Waals surface area contributed by atoms with Gasteiger partial charge in [-0.1, -0.05) is 153 Å². The average molecular weight is 752 g/mol. The summed E-state index contributed by atoms with van der Waals surface area (Å²) in [4.78, 5) is 12.9. The zero-order chi connectivity index (χ0) is 38.8. The summed E-state index contributed by atoms with van der Waals surface area (Å²) in [6, 6.07) is -0.823. The van der Waals surface area contributed by atoms with Crippen LogP contribution in [0, 0.1) is 0 Å². The quantitative estimate of drug-likeness (QED) is 0.0279. The maximum absolute atomic E-state index is 12.9. The van der Waals surface area contributed by atoms with E-state index < -0.39 is 49.5 Å². The first kappa shape index (κ1) is 49.4. The fourth-order valence-electron chi connectivity index (χ4n) is 6.64. The standard InChI is InChI=1S/C44H81NO8/c1-3-5-7-9-11-13-15-17-19-21-23-25-27-29-31-33-38(47)37(36-52-44-43(51)42(50)41(49)39(35-46)53-44)45-40(48)34-32-30-28-26-24-22-20-18-16-14-12-10-8-6-4-2/h18,20,23,25,31,33,37-39,41-44,46-47,49-51H,3-17,19,21-22,24,26-30,32,34-36H2,1-2H3,(H,45,48)/b20-18+,25-23+,33-31+/t37-,38+,39-,41-,42?,43?,44-/m0/s1. The van der Waals surface area contributed by atoms with E-state index >= 15 is 0 Å². The first-order valence-electron chi connectivity index (χ1n) is 21.7. The number of aliphatic hydroxyl groups is 5. The summed E-state index contributed by atoms with van der Waals surface area (Å²) in [7, 11) is 0. The molecule has 6 N–H and O–H groups in total. The van der Waals surface area contributed by atoms with Gasteiger partial charge in [-0.15, -0.1) is 0 Å². The zero-order valence-electron chi connectivity index (χ0n) is 33.8. The molecule has 0 aromatic carbocycles. The molecular weight excluding hydrogens is 670 g/mol. The highest BCUT2D eigenvalue weighted by Crippen LogP contribution is 2.22. The van der Waals surface area contributed by atoms with Gasteiger partial charge in [0.15, 0.2) is 6.29 Å². The highest BCUT2D eigenvalue weighted by atomic mass is 16.7. The van der Waals surface area contributed by atoms with Crippen molar-refractivity contribution in [1.82, 2.24) is 5.32 Å². The number of hydrogen-bond acceptors (Lipinski definition) is 8. The molecule has 53 heavy (non-hydrogen) atoms. The molecule has 7 atom stereocenters. The largest absolute Gasteiger partial charge is 0.394 e. The molecule has 0 bridgehead atoms. The molecule has 9 heteroatoms. The summed E-state index contributed by atoms with van der Waals surface area (Å²) >= 11 is 0. The van der Waals surface area contributed by atoms with Crippen molar-refractivity contribution in [3.8, 4) is 0 Å². The lowest BCUT2D eigenvalue weighted by atomic mass is 9.99. The summed E-state index contributed by atoms with van der Waals surface area (Å²) in [5, 5.41) is 54.0. The average Bonchev–Trinajstić information content (AvgIpc) is 3.16. The van der Waals surface area contributed by atoms with Gasteiger partial charge in [0.1, 0.15) is 24.4 Å². The molecule has 2 unspecified atom stereocenters. The SMILES string of the molecule is CCCCCCCC/C=C/CCCCCCCC(=O)N[C@@H](CO[C@H]1O[C@@H](CO)[C@H](O)C(O)C1O)[C@H](O)/C=C/CC/C=C/CCCCCCCCCCC. The van der Waals surface area contributed by atoms with Crippen LogP contribution in [0.15, 0.2) is 36.5 Å². The fraction of sp³-hybridized carbons (Fsp3) is 0.841. The van der Waals surface area contributed by atoms with Gasteiger partial charge in [-0.05, 0) is 57.8 Å². The number of unbranched alkanes of at least 4 members (excludes halogenated alkanes) is 21. The van der Waals surface area contributed by atoms with Crippen LogP contribution in [-0.4, -0.2) is 87.5 Å². The number of hydrogen-bond donors (Lipinski definition) is 6. The van der Waals surface area contributed by atoms with Crippen molar-refractivity contribution in [2.75, 3.05) is 13.2 Å². The van der Waals surface area contributed by atoms with Crippen LogP contribution in [0.1, 0.15) is 181 Å². The van der Waals surface area contributed by atoms with Gasteiger partial charge >= 0.3 is 0 Å². The van der Waals surface area contributed by atoms with Crippen molar-refractivity contribution >= 4 is 5.91 Å². The van der Waals surface area contributed by atoms with E-state index in [1.807, 2.05) is 6.08 Å². The maximum atomic E-state index is 12.9. The van der Waals surface area contributed by atoms with Crippen LogP contribution in [0.3, 0.4) is 0 Å². The van der Waals surface area contributed by atoms with Crippen molar-refractivity contribution in [2.24, 2.45) is 0 Å². The topological polar surface area (TPSA) is 149 Å². The number of rotatable bonds is 35. The molecule has 1 aliphatic heterocycles. The highest BCUT2D eigenvalue weighted by molar-refractivity contribution is 5.76. The number of aliphatic hydroxyl groups excluding tert-OH is 5. The Morgan fingerprint density at radius 3 is 1.58 bits per heavy atom. The van der Waals surface area contributed by atoms with E-state index in [0.29, 0.717) is 6.42 Å². The van der Waals surface area contributed by atoms with Gasteiger partial charge in [0.25, 0.3) is 0 Å². The van der Waals surface area contributed by atoms with Crippen LogP contribution >= 0.6 is 0 Å². The molecular formula is C44H81NO8. The maximum Gasteiger partial charge on any atom is 0.220 e. The smallest absolute Gasteiger partial charge is 0.220 e. The van der Waals surface area contributed by atoms with Crippen LogP contribution in [0.2, 0.25) is 0 Å². The highest BCUT2D eigenvalue weighted by Gasteiger charge is 2.44. The minimum absolute atomic E-state index is 0.197. The Labute approximate surface area is 323 Å². The van der Waals surface area contributed by atoms with Gasteiger partial charge in [-0.25, -0.2) is 0 Å². The molecule has 1 rings (SSSR count). The van der Waals surface area contributed by atoms with Crippen LogP contribution in [0.25, 0.3) is 0 Å². The Kier molecular flexibility index (Phi) is 32.5. The third-order valence-electron chi connectivity index (χ3n) is 10.2. The van der Waals surface area contributed by atoms with E-state index in [4.69, 9.17) is 9.47 Å². The molecule has 0 aromatic rings. The predicted molar refractivity (Wildman–Crippen MR) is 216 cm³/mol. The van der Waals surface area contributed by atoms with E-state index in [9.17, 15) is 30.3 Å². The molecule has 0 spiro atoms. The second-order valence-corrected chi connectivity index (χ2v) is 15.1. The van der Waals surface area contributed by atoms with E-state index in [1.165, 1.54) is 103 Å². The van der Waals surface area contributed by atoms with Crippen LogP contribution in [0.5, 0.6) is 0 Å². The molecule has 0 saturated carbocycles. The van der Waals surface area contributed by atoms with Crippen molar-refractivity contribution in [2.45, 2.75) is 224 Å². The predicted octanol–water partition coefficient (Wildman–Crippen LogP) is 8.50. The lowest BCUT2D eigenvalue weighted by Crippen LogP contribution is -2.60. The van der Waals surface area contributed by atoms with Gasteiger partial charge in [0.05, 0.1) is 25.4 Å². The van der Waals surface area contributed by atoms with Crippen LogP contribution in [0.4, 0.5) is 0 Å². The number of nitrogens with one attached hydrogen (secondary N) is 1. The van der Waals surface area contributed by atoms with Gasteiger partial charge < -0.3 is 40.3 Å². The molecule has 1 fully saturated rings. The van der Waals surface area contributed by atoms with Crippen LogP contribution < -0.4 is 5.32 Å². The molecule has 1 amide bonds. The number of carbonyl (C=O) groups is 1. The number of carbonyl (C=O) groups excluding carboxylic acids is 1. The van der Waals surface area contributed by atoms with Crippen molar-refractivity contribution in [3.05, 3.63) is 36.5 Å². The monoisotopic (exact) mass is 752 g/mol. The van der Waals surface area contributed by atoms with Gasteiger partial charge in [0, 0.05) is 6.42 Å². The number of allylic oxidation sites excluding steroid dienone is 5. The van der Waals surface area contributed by atoms with Crippen molar-refractivity contribution < 1.29 is 39.8 Å². The molecule has 0 aromatic heterocycles. The first-order chi connectivity index (χ1) is 25.8. The van der Waals surface area contributed by atoms with Gasteiger partial charge in [-0.3, -0.25) is 4.79 Å². The fourth-order valence-corrected chi connectivity index (χ4v) is 6.64. The Morgan fingerprint density at radius 1 is 0.623 bits per heavy atom. The number of amides is 1.